The third kappa shape index (κ3) is 3.33. The molecule has 0 spiro atoms. The van der Waals surface area contributed by atoms with Gasteiger partial charge in [-0.1, -0.05) is 6.07 Å². The molecule has 1 unspecified atom stereocenters. The van der Waals surface area contributed by atoms with Crippen molar-refractivity contribution in [1.82, 2.24) is 24.9 Å². The Morgan fingerprint density at radius 1 is 1.07 bits per heavy atom. The predicted octanol–water partition coefficient (Wildman–Crippen LogP) is 5.01. The molecule has 0 aromatic carbocycles. The number of hydrogen-bond donors (Lipinski definition) is 0. The Labute approximate surface area is 180 Å². The van der Waals surface area contributed by atoms with E-state index in [1.807, 2.05) is 29.8 Å². The van der Waals surface area contributed by atoms with Gasteiger partial charge < -0.3 is 4.90 Å². The molecule has 0 aliphatic heterocycles. The molecule has 0 bridgehead atoms. The molecule has 0 fully saturated rings. The van der Waals surface area contributed by atoms with Gasteiger partial charge in [0.1, 0.15) is 16.3 Å². The topological polar surface area (TPSA) is 67.7 Å². The van der Waals surface area contributed by atoms with E-state index in [1.165, 1.54) is 34.2 Å². The third-order valence-electron chi connectivity index (χ3n) is 5.83. The first-order valence-corrected chi connectivity index (χ1v) is 11.3. The van der Waals surface area contributed by atoms with E-state index in [0.29, 0.717) is 11.5 Å². The van der Waals surface area contributed by atoms with Crippen LogP contribution in [0.5, 0.6) is 0 Å². The normalized spacial score (nSPS) is 14.5. The highest BCUT2D eigenvalue weighted by Crippen LogP contribution is 2.42. The van der Waals surface area contributed by atoms with Gasteiger partial charge in [-0.25, -0.2) is 15.0 Å². The van der Waals surface area contributed by atoms with Gasteiger partial charge >= 0.3 is 0 Å². The van der Waals surface area contributed by atoms with Gasteiger partial charge in [-0.2, -0.15) is 0 Å². The minimum absolute atomic E-state index is 0.149. The Hall–Kier alpha value is -2.93. The molecule has 0 N–H and O–H groups in total. The number of aryl methyl sites for hydroxylation is 2. The lowest BCUT2D eigenvalue weighted by Gasteiger charge is -2.30. The average molecular weight is 417 g/mol. The summed E-state index contributed by atoms with van der Waals surface area (Å²) in [6.07, 6.45) is 13.6. The fourth-order valence-corrected chi connectivity index (χ4v) is 5.54. The molecule has 1 aliphatic rings. The molecule has 7 heteroatoms. The minimum Gasteiger partial charge on any atom is -0.349 e. The third-order valence-corrected chi connectivity index (χ3v) is 7.02. The lowest BCUT2D eigenvalue weighted by atomic mass is 9.96. The van der Waals surface area contributed by atoms with Crippen LogP contribution in [0.1, 0.15) is 48.7 Å². The van der Waals surface area contributed by atoms with Gasteiger partial charge in [0.15, 0.2) is 5.82 Å². The standard InChI is InChI=1S/C23H24N6S/c1-3-29(15(2)16-7-6-10-24-13-16)22-20-17-8-4-5-9-19(17)30-23(20)28-21(27-22)18-14-25-11-12-26-18/h6-7,10-15H,3-5,8-9H2,1-2H3. The number of nitrogens with zero attached hydrogens (tertiary/aromatic N) is 6. The van der Waals surface area contributed by atoms with Gasteiger partial charge in [-0.15, -0.1) is 11.3 Å². The average Bonchev–Trinajstić information content (AvgIpc) is 3.19. The first-order valence-electron chi connectivity index (χ1n) is 10.5. The van der Waals surface area contributed by atoms with Crippen LogP contribution in [-0.2, 0) is 12.8 Å². The van der Waals surface area contributed by atoms with Crippen molar-refractivity contribution >= 4 is 27.4 Å². The van der Waals surface area contributed by atoms with Gasteiger partial charge in [0.2, 0.25) is 0 Å². The van der Waals surface area contributed by atoms with E-state index in [-0.39, 0.29) is 6.04 Å². The second-order valence-electron chi connectivity index (χ2n) is 7.60. The smallest absolute Gasteiger partial charge is 0.183 e. The maximum Gasteiger partial charge on any atom is 0.183 e. The molecule has 152 valence electrons. The summed E-state index contributed by atoms with van der Waals surface area (Å²) in [5, 5.41) is 1.22. The van der Waals surface area contributed by atoms with Crippen LogP contribution < -0.4 is 4.90 Å². The first kappa shape index (κ1) is 19.1. The van der Waals surface area contributed by atoms with Crippen molar-refractivity contribution in [2.24, 2.45) is 0 Å². The van der Waals surface area contributed by atoms with Crippen molar-refractivity contribution < 1.29 is 0 Å². The van der Waals surface area contributed by atoms with Crippen LogP contribution in [0.15, 0.2) is 43.1 Å². The summed E-state index contributed by atoms with van der Waals surface area (Å²) in [4.78, 5) is 27.9. The van der Waals surface area contributed by atoms with E-state index >= 15 is 0 Å². The number of thiophene rings is 1. The van der Waals surface area contributed by atoms with Crippen molar-refractivity contribution in [2.75, 3.05) is 11.4 Å². The molecule has 0 saturated carbocycles. The molecule has 0 saturated heterocycles. The summed E-state index contributed by atoms with van der Waals surface area (Å²) in [6, 6.07) is 4.27. The molecule has 1 aliphatic carbocycles. The SMILES string of the molecule is CCN(c1nc(-c2cnccn2)nc2sc3c(c12)CCCC3)C(C)c1cccnc1. The summed E-state index contributed by atoms with van der Waals surface area (Å²) < 4.78 is 0. The maximum atomic E-state index is 5.07. The van der Waals surface area contributed by atoms with E-state index < -0.39 is 0 Å². The van der Waals surface area contributed by atoms with E-state index in [2.05, 4.69) is 39.8 Å². The molecule has 4 aromatic heterocycles. The van der Waals surface area contributed by atoms with Crippen molar-refractivity contribution in [3.63, 3.8) is 0 Å². The lowest BCUT2D eigenvalue weighted by Crippen LogP contribution is -2.28. The van der Waals surface area contributed by atoms with Crippen LogP contribution in [0.4, 0.5) is 5.82 Å². The summed E-state index contributed by atoms with van der Waals surface area (Å²) in [5.74, 6) is 1.64. The van der Waals surface area contributed by atoms with Gasteiger partial charge in [0.05, 0.1) is 17.6 Å². The maximum absolute atomic E-state index is 5.07. The molecule has 4 heterocycles. The molecule has 5 rings (SSSR count). The summed E-state index contributed by atoms with van der Waals surface area (Å²) in [6.45, 7) is 5.24. The van der Waals surface area contributed by atoms with E-state index in [1.54, 1.807) is 18.6 Å². The van der Waals surface area contributed by atoms with E-state index in [0.717, 1.165) is 30.0 Å². The highest BCUT2D eigenvalue weighted by Gasteiger charge is 2.26. The molecule has 0 radical (unpaired) electrons. The number of aromatic nitrogens is 5. The van der Waals surface area contributed by atoms with Gasteiger partial charge in [-0.05, 0) is 56.7 Å². The first-order chi connectivity index (χ1) is 14.8. The van der Waals surface area contributed by atoms with Gasteiger partial charge in [0, 0.05) is 36.2 Å². The largest absolute Gasteiger partial charge is 0.349 e. The number of pyridine rings is 1. The van der Waals surface area contributed by atoms with Crippen molar-refractivity contribution in [1.29, 1.82) is 0 Å². The minimum atomic E-state index is 0.149. The second-order valence-corrected chi connectivity index (χ2v) is 8.68. The van der Waals surface area contributed by atoms with Crippen molar-refractivity contribution in [3.8, 4) is 11.5 Å². The number of anilines is 1. The Balaban J connectivity index is 1.72. The molecular formula is C23H24N6S. The lowest BCUT2D eigenvalue weighted by molar-refractivity contribution is 0.677. The van der Waals surface area contributed by atoms with Crippen LogP contribution >= 0.6 is 11.3 Å². The molecule has 30 heavy (non-hydrogen) atoms. The second kappa shape index (κ2) is 8.07. The number of rotatable bonds is 5. The number of hydrogen-bond acceptors (Lipinski definition) is 7. The molecular weight excluding hydrogens is 392 g/mol. The van der Waals surface area contributed by atoms with Gasteiger partial charge in [-0.3, -0.25) is 9.97 Å². The zero-order valence-electron chi connectivity index (χ0n) is 17.2. The Kier molecular flexibility index (Phi) is 5.12. The number of fused-ring (bicyclic) bond motifs is 3. The Morgan fingerprint density at radius 2 is 1.93 bits per heavy atom. The quantitative estimate of drug-likeness (QED) is 0.456. The van der Waals surface area contributed by atoms with Crippen LogP contribution in [-0.4, -0.2) is 31.5 Å². The van der Waals surface area contributed by atoms with Gasteiger partial charge in [0.25, 0.3) is 0 Å². The molecule has 0 amide bonds. The molecule has 6 nitrogen and oxygen atoms in total. The summed E-state index contributed by atoms with van der Waals surface area (Å²) in [5.41, 5.74) is 3.33. The molecule has 1 atom stereocenters. The van der Waals surface area contributed by atoms with E-state index in [4.69, 9.17) is 9.97 Å². The Morgan fingerprint density at radius 3 is 2.70 bits per heavy atom. The Bertz CT molecular complexity index is 1160. The fourth-order valence-electron chi connectivity index (χ4n) is 4.29. The van der Waals surface area contributed by atoms with Crippen molar-refractivity contribution in [3.05, 3.63) is 59.1 Å². The van der Waals surface area contributed by atoms with E-state index in [9.17, 15) is 0 Å². The predicted molar refractivity (Wildman–Crippen MR) is 121 cm³/mol. The zero-order valence-corrected chi connectivity index (χ0v) is 18.1. The highest BCUT2D eigenvalue weighted by molar-refractivity contribution is 7.19. The molecule has 4 aromatic rings. The van der Waals surface area contributed by atoms with Crippen LogP contribution in [0, 0.1) is 0 Å². The fraction of sp³-hybridized carbons (Fsp3) is 0.348. The monoisotopic (exact) mass is 416 g/mol. The summed E-state index contributed by atoms with van der Waals surface area (Å²) >= 11 is 1.82. The zero-order chi connectivity index (χ0) is 20.5. The van der Waals surface area contributed by atoms with Crippen LogP contribution in [0.2, 0.25) is 0 Å². The van der Waals surface area contributed by atoms with Crippen LogP contribution in [0.25, 0.3) is 21.7 Å². The van der Waals surface area contributed by atoms with Crippen LogP contribution in [0.3, 0.4) is 0 Å². The highest BCUT2D eigenvalue weighted by atomic mass is 32.1. The van der Waals surface area contributed by atoms with Crippen molar-refractivity contribution in [2.45, 2.75) is 45.6 Å². The summed E-state index contributed by atoms with van der Waals surface area (Å²) in [7, 11) is 0.